The van der Waals surface area contributed by atoms with E-state index in [0.29, 0.717) is 0 Å². The fourth-order valence-electron chi connectivity index (χ4n) is 1.94. The zero-order valence-corrected chi connectivity index (χ0v) is 12.3. The molecule has 0 aromatic rings. The molecule has 108 valence electrons. The van der Waals surface area contributed by atoms with Crippen molar-refractivity contribution in [2.45, 2.75) is 33.5 Å². The summed E-state index contributed by atoms with van der Waals surface area (Å²) >= 11 is 0. The SMILES string of the molecule is C/C=N/OC1(C(C)(C)C)OC(N)=C(C#N)C1=C(C#N)C#N. The highest BCUT2D eigenvalue weighted by Crippen LogP contribution is 2.50. The molecule has 0 spiro atoms. The number of rotatable bonds is 2. The summed E-state index contributed by atoms with van der Waals surface area (Å²) in [4.78, 5) is 5.42. The van der Waals surface area contributed by atoms with Gasteiger partial charge in [-0.25, -0.2) is 0 Å². The van der Waals surface area contributed by atoms with Crippen LogP contribution >= 0.6 is 0 Å². The van der Waals surface area contributed by atoms with E-state index in [2.05, 4.69) is 5.16 Å². The average molecular weight is 285 g/mol. The molecular formula is C14H15N5O2. The van der Waals surface area contributed by atoms with Crippen LogP contribution in [0, 0.1) is 39.4 Å². The van der Waals surface area contributed by atoms with Crippen molar-refractivity contribution in [2.24, 2.45) is 16.3 Å². The molecule has 0 saturated heterocycles. The third-order valence-corrected chi connectivity index (χ3v) is 2.94. The van der Waals surface area contributed by atoms with E-state index in [1.807, 2.05) is 6.07 Å². The highest BCUT2D eigenvalue weighted by Gasteiger charge is 2.58. The zero-order valence-electron chi connectivity index (χ0n) is 12.3. The first-order valence-corrected chi connectivity index (χ1v) is 6.09. The molecule has 7 heteroatoms. The van der Waals surface area contributed by atoms with Gasteiger partial charge in [0.25, 0.3) is 0 Å². The first kappa shape index (κ1) is 16.1. The standard InChI is InChI=1S/C14H15N5O2/c1-5-19-21-14(13(2,3)4)11(9(6-15)7-16)10(8-17)12(18)20-14/h5H,18H2,1-4H3/b19-5+. The molecule has 0 fully saturated rings. The van der Waals surface area contributed by atoms with Gasteiger partial charge in [-0.1, -0.05) is 25.9 Å². The third-order valence-electron chi connectivity index (χ3n) is 2.94. The number of hydrogen-bond acceptors (Lipinski definition) is 7. The van der Waals surface area contributed by atoms with Crippen molar-refractivity contribution in [3.63, 3.8) is 0 Å². The molecule has 0 aromatic heterocycles. The van der Waals surface area contributed by atoms with E-state index in [-0.39, 0.29) is 22.6 Å². The molecule has 1 atom stereocenters. The van der Waals surface area contributed by atoms with Crippen LogP contribution in [0.3, 0.4) is 0 Å². The van der Waals surface area contributed by atoms with Gasteiger partial charge in [0.2, 0.25) is 5.88 Å². The van der Waals surface area contributed by atoms with Gasteiger partial charge in [-0.15, -0.1) is 0 Å². The fourth-order valence-corrected chi connectivity index (χ4v) is 1.94. The van der Waals surface area contributed by atoms with Crippen molar-refractivity contribution >= 4 is 6.21 Å². The molecule has 0 amide bonds. The fraction of sp³-hybridized carbons (Fsp3) is 0.429. The van der Waals surface area contributed by atoms with Crippen molar-refractivity contribution in [1.82, 2.24) is 0 Å². The summed E-state index contributed by atoms with van der Waals surface area (Å²) in [7, 11) is 0. The second kappa shape index (κ2) is 5.56. The molecule has 0 bridgehead atoms. The molecule has 0 aromatic carbocycles. The Kier molecular flexibility index (Phi) is 4.26. The Morgan fingerprint density at radius 2 is 1.90 bits per heavy atom. The van der Waals surface area contributed by atoms with Crippen LogP contribution in [0.1, 0.15) is 27.7 Å². The van der Waals surface area contributed by atoms with Crippen LogP contribution in [0.25, 0.3) is 0 Å². The first-order valence-electron chi connectivity index (χ1n) is 6.09. The lowest BCUT2D eigenvalue weighted by Gasteiger charge is -2.38. The van der Waals surface area contributed by atoms with E-state index < -0.39 is 11.2 Å². The number of hydrogen-bond donors (Lipinski definition) is 1. The van der Waals surface area contributed by atoms with Crippen LogP contribution in [-0.4, -0.2) is 12.0 Å². The second-order valence-electron chi connectivity index (χ2n) is 5.25. The average Bonchev–Trinajstić information content (AvgIpc) is 2.71. The van der Waals surface area contributed by atoms with E-state index in [4.69, 9.17) is 25.8 Å². The maximum atomic E-state index is 9.26. The highest BCUT2D eigenvalue weighted by molar-refractivity contribution is 5.61. The third kappa shape index (κ3) is 2.40. The molecule has 1 heterocycles. The lowest BCUT2D eigenvalue weighted by atomic mass is 9.78. The van der Waals surface area contributed by atoms with Gasteiger partial charge >= 0.3 is 5.79 Å². The van der Waals surface area contributed by atoms with Crippen molar-refractivity contribution in [3.05, 3.63) is 22.6 Å². The van der Waals surface area contributed by atoms with Crippen LogP contribution in [0.15, 0.2) is 27.8 Å². The van der Waals surface area contributed by atoms with E-state index >= 15 is 0 Å². The maximum Gasteiger partial charge on any atom is 0.311 e. The van der Waals surface area contributed by atoms with Crippen LogP contribution in [0.5, 0.6) is 0 Å². The van der Waals surface area contributed by atoms with E-state index in [9.17, 15) is 5.26 Å². The molecule has 2 N–H and O–H groups in total. The minimum atomic E-state index is -1.62. The van der Waals surface area contributed by atoms with Gasteiger partial charge < -0.3 is 15.3 Å². The topological polar surface area (TPSA) is 128 Å². The predicted molar refractivity (Wildman–Crippen MR) is 73.6 cm³/mol. The van der Waals surface area contributed by atoms with Crippen molar-refractivity contribution in [3.8, 4) is 18.2 Å². The van der Waals surface area contributed by atoms with Crippen LogP contribution < -0.4 is 5.73 Å². The largest absolute Gasteiger partial charge is 0.429 e. The van der Waals surface area contributed by atoms with Gasteiger partial charge in [-0.2, -0.15) is 15.8 Å². The summed E-state index contributed by atoms with van der Waals surface area (Å²) < 4.78 is 5.56. The first-order chi connectivity index (χ1) is 9.78. The van der Waals surface area contributed by atoms with Crippen LogP contribution in [0.4, 0.5) is 0 Å². The Labute approximate surface area is 123 Å². The quantitative estimate of drug-likeness (QED) is 0.468. The molecule has 0 radical (unpaired) electrons. The summed E-state index contributed by atoms with van der Waals surface area (Å²) in [5.74, 6) is -1.81. The lowest BCUT2D eigenvalue weighted by molar-refractivity contribution is -0.235. The number of allylic oxidation sites excluding steroid dienone is 1. The molecule has 1 rings (SSSR count). The number of nitrogens with zero attached hydrogens (tertiary/aromatic N) is 4. The van der Waals surface area contributed by atoms with Crippen molar-refractivity contribution in [1.29, 1.82) is 15.8 Å². The van der Waals surface area contributed by atoms with E-state index in [1.54, 1.807) is 39.8 Å². The van der Waals surface area contributed by atoms with Gasteiger partial charge in [0.05, 0.1) is 5.57 Å². The molecule has 1 aliphatic heterocycles. The molecular weight excluding hydrogens is 270 g/mol. The summed E-state index contributed by atoms with van der Waals surface area (Å²) in [6.45, 7) is 6.92. The van der Waals surface area contributed by atoms with Gasteiger partial charge in [0.1, 0.15) is 29.4 Å². The Morgan fingerprint density at radius 1 is 1.33 bits per heavy atom. The Bertz CT molecular complexity index is 645. The summed E-state index contributed by atoms with van der Waals surface area (Å²) in [5, 5.41) is 31.3. The Morgan fingerprint density at radius 3 is 2.29 bits per heavy atom. The summed E-state index contributed by atoms with van der Waals surface area (Å²) in [5.41, 5.74) is 4.59. The Balaban J connectivity index is 3.77. The lowest BCUT2D eigenvalue weighted by Crippen LogP contribution is -2.47. The molecule has 1 aliphatic rings. The van der Waals surface area contributed by atoms with Crippen LogP contribution in [0.2, 0.25) is 0 Å². The molecule has 0 aliphatic carbocycles. The van der Waals surface area contributed by atoms with E-state index in [1.165, 1.54) is 6.21 Å². The summed E-state index contributed by atoms with van der Waals surface area (Å²) in [6, 6.07) is 5.35. The molecule has 7 nitrogen and oxygen atoms in total. The predicted octanol–water partition coefficient (Wildman–Crippen LogP) is 1.82. The molecule has 21 heavy (non-hydrogen) atoms. The van der Waals surface area contributed by atoms with E-state index in [0.717, 1.165) is 0 Å². The summed E-state index contributed by atoms with van der Waals surface area (Å²) in [6.07, 6.45) is 1.38. The maximum absolute atomic E-state index is 9.26. The van der Waals surface area contributed by atoms with Crippen LogP contribution in [-0.2, 0) is 9.57 Å². The van der Waals surface area contributed by atoms with Crippen molar-refractivity contribution in [2.75, 3.05) is 0 Å². The van der Waals surface area contributed by atoms with Gasteiger partial charge in [0.15, 0.2) is 0 Å². The number of nitrogens with two attached hydrogens (primary N) is 1. The monoisotopic (exact) mass is 285 g/mol. The van der Waals surface area contributed by atoms with Gasteiger partial charge in [-0.05, 0) is 6.92 Å². The normalized spacial score (nSPS) is 21.5. The number of nitriles is 3. The van der Waals surface area contributed by atoms with Gasteiger partial charge in [0, 0.05) is 11.6 Å². The number of ether oxygens (including phenoxy) is 1. The van der Waals surface area contributed by atoms with Gasteiger partial charge in [-0.3, -0.25) is 0 Å². The Hall–Kier alpha value is -2.98. The van der Waals surface area contributed by atoms with Crippen molar-refractivity contribution < 1.29 is 9.57 Å². The smallest absolute Gasteiger partial charge is 0.311 e. The minimum Gasteiger partial charge on any atom is -0.429 e. The molecule has 0 saturated carbocycles. The number of oxime groups is 1. The second-order valence-corrected chi connectivity index (χ2v) is 5.25. The zero-order chi connectivity index (χ0) is 16.3. The highest BCUT2D eigenvalue weighted by atomic mass is 16.8. The minimum absolute atomic E-state index is 0.00519. The molecule has 1 unspecified atom stereocenters.